The molecule has 0 saturated heterocycles. The van der Waals surface area contributed by atoms with Gasteiger partial charge in [0.25, 0.3) is 0 Å². The van der Waals surface area contributed by atoms with Crippen LogP contribution in [0.1, 0.15) is 33.6 Å². The average Bonchev–Trinajstić information content (AvgIpc) is 1.82. The van der Waals surface area contributed by atoms with Crippen LogP contribution in [-0.2, 0) is 4.79 Å². The van der Waals surface area contributed by atoms with Gasteiger partial charge in [-0.2, -0.15) is 0 Å². The molecule has 0 aliphatic rings. The molecule has 0 aromatic rings. The molecule has 0 heterocycles. The maximum atomic E-state index is 10.5. The van der Waals surface area contributed by atoms with Crippen LogP contribution in [-0.4, -0.2) is 5.78 Å². The van der Waals surface area contributed by atoms with Gasteiger partial charge in [0, 0.05) is 6.42 Å². The van der Waals surface area contributed by atoms with E-state index >= 15 is 0 Å². The Morgan fingerprint density at radius 2 is 1.90 bits per heavy atom. The summed E-state index contributed by atoms with van der Waals surface area (Å²) in [5.41, 5.74) is 1.18. The Kier molecular flexibility index (Phi) is 4.01. The number of Topliss-reactive ketones (excluding diaryl/α,β-unsaturated/α-hetero) is 1. The van der Waals surface area contributed by atoms with Gasteiger partial charge in [-0.3, -0.25) is 0 Å². The van der Waals surface area contributed by atoms with Gasteiger partial charge in [-0.25, -0.2) is 0 Å². The largest absolute Gasteiger partial charge is 0.300 e. The summed E-state index contributed by atoms with van der Waals surface area (Å²) in [5, 5.41) is 0. The van der Waals surface area contributed by atoms with Crippen molar-refractivity contribution >= 4 is 5.78 Å². The van der Waals surface area contributed by atoms with E-state index in [1.165, 1.54) is 5.57 Å². The Balaban J connectivity index is 3.50. The van der Waals surface area contributed by atoms with Crippen molar-refractivity contribution in [2.24, 2.45) is 5.92 Å². The van der Waals surface area contributed by atoms with Crippen molar-refractivity contribution < 1.29 is 4.79 Å². The molecule has 0 spiro atoms. The lowest BCUT2D eigenvalue weighted by molar-refractivity contribution is -0.116. The van der Waals surface area contributed by atoms with E-state index in [2.05, 4.69) is 20.4 Å². The summed E-state index contributed by atoms with van der Waals surface area (Å²) in [5.74, 6) is 0.765. The number of carbonyl (C=O) groups excluding carboxylic acids is 1. The van der Waals surface area contributed by atoms with Gasteiger partial charge in [-0.15, -0.1) is 0 Å². The molecule has 0 saturated carbocycles. The predicted molar refractivity (Wildman–Crippen MR) is 43.9 cm³/mol. The molecule has 1 nitrogen and oxygen atoms in total. The maximum Gasteiger partial charge on any atom is 0.130 e. The van der Waals surface area contributed by atoms with E-state index in [0.717, 1.165) is 6.42 Å². The molecule has 0 N–H and O–H groups in total. The van der Waals surface area contributed by atoms with Crippen molar-refractivity contribution in [2.75, 3.05) is 0 Å². The zero-order valence-electron chi connectivity index (χ0n) is 7.11. The predicted octanol–water partition coefficient (Wildman–Crippen LogP) is 2.57. The lowest BCUT2D eigenvalue weighted by Gasteiger charge is -2.06. The van der Waals surface area contributed by atoms with Crippen LogP contribution in [0.25, 0.3) is 0 Å². The molecule has 0 unspecified atom stereocenters. The molecule has 0 bridgehead atoms. The van der Waals surface area contributed by atoms with Crippen LogP contribution in [0.15, 0.2) is 12.2 Å². The smallest absolute Gasteiger partial charge is 0.130 e. The SMILES string of the molecule is C=C(CCC(C)=O)C(C)C. The maximum absolute atomic E-state index is 10.5. The molecule has 10 heavy (non-hydrogen) atoms. The Hall–Kier alpha value is -0.590. The first kappa shape index (κ1) is 9.41. The van der Waals surface area contributed by atoms with E-state index in [9.17, 15) is 4.79 Å². The van der Waals surface area contributed by atoms with Gasteiger partial charge in [-0.1, -0.05) is 26.0 Å². The fourth-order valence-electron chi connectivity index (χ4n) is 0.625. The first-order valence-corrected chi connectivity index (χ1v) is 3.71. The fourth-order valence-corrected chi connectivity index (χ4v) is 0.625. The lowest BCUT2D eigenvalue weighted by atomic mass is 10.00. The first-order valence-electron chi connectivity index (χ1n) is 3.71. The number of allylic oxidation sites excluding steroid dienone is 1. The minimum atomic E-state index is 0.252. The van der Waals surface area contributed by atoms with Crippen molar-refractivity contribution in [1.82, 2.24) is 0 Å². The highest BCUT2D eigenvalue weighted by Gasteiger charge is 2.00. The number of hydrogen-bond acceptors (Lipinski definition) is 1. The molecule has 0 amide bonds. The summed E-state index contributed by atoms with van der Waals surface area (Å²) in [4.78, 5) is 10.5. The molecule has 0 aliphatic heterocycles. The van der Waals surface area contributed by atoms with Crippen LogP contribution < -0.4 is 0 Å². The van der Waals surface area contributed by atoms with Crippen molar-refractivity contribution in [2.45, 2.75) is 33.6 Å². The van der Waals surface area contributed by atoms with Gasteiger partial charge in [0.05, 0.1) is 0 Å². The number of carbonyl (C=O) groups is 1. The van der Waals surface area contributed by atoms with E-state index in [1.807, 2.05) is 0 Å². The second-order valence-electron chi connectivity index (χ2n) is 3.01. The molecule has 0 radical (unpaired) electrons. The highest BCUT2D eigenvalue weighted by molar-refractivity contribution is 5.75. The Bertz CT molecular complexity index is 134. The summed E-state index contributed by atoms with van der Waals surface area (Å²) in [6, 6.07) is 0. The highest BCUT2D eigenvalue weighted by atomic mass is 16.1. The van der Waals surface area contributed by atoms with Gasteiger partial charge in [0.15, 0.2) is 0 Å². The lowest BCUT2D eigenvalue weighted by Crippen LogP contribution is -1.96. The molecular formula is C9H16O. The van der Waals surface area contributed by atoms with E-state index in [-0.39, 0.29) is 5.78 Å². The second-order valence-corrected chi connectivity index (χ2v) is 3.01. The molecule has 58 valence electrons. The van der Waals surface area contributed by atoms with E-state index in [4.69, 9.17) is 0 Å². The zero-order chi connectivity index (χ0) is 8.15. The average molecular weight is 140 g/mol. The second kappa shape index (κ2) is 4.26. The van der Waals surface area contributed by atoms with E-state index in [0.29, 0.717) is 12.3 Å². The van der Waals surface area contributed by atoms with Gasteiger partial charge < -0.3 is 4.79 Å². The molecule has 0 aliphatic carbocycles. The molecule has 0 aromatic carbocycles. The Labute approximate surface area is 63.1 Å². The molecule has 0 fully saturated rings. The minimum absolute atomic E-state index is 0.252. The third kappa shape index (κ3) is 4.30. The molecule has 0 atom stereocenters. The van der Waals surface area contributed by atoms with Crippen LogP contribution >= 0.6 is 0 Å². The van der Waals surface area contributed by atoms with E-state index in [1.54, 1.807) is 6.92 Å². The molecule has 0 rings (SSSR count). The number of rotatable bonds is 4. The van der Waals surface area contributed by atoms with Crippen LogP contribution in [0.5, 0.6) is 0 Å². The first-order chi connectivity index (χ1) is 4.54. The monoisotopic (exact) mass is 140 g/mol. The fraction of sp³-hybridized carbons (Fsp3) is 0.667. The van der Waals surface area contributed by atoms with Crippen LogP contribution in [0, 0.1) is 5.92 Å². The standard InChI is InChI=1S/C9H16O/c1-7(2)8(3)5-6-9(4)10/h7H,3,5-6H2,1-2,4H3. The summed E-state index contributed by atoms with van der Waals surface area (Å²) >= 11 is 0. The summed E-state index contributed by atoms with van der Waals surface area (Å²) in [6.07, 6.45) is 1.50. The minimum Gasteiger partial charge on any atom is -0.300 e. The third-order valence-corrected chi connectivity index (χ3v) is 1.61. The third-order valence-electron chi connectivity index (χ3n) is 1.61. The number of ketones is 1. The Morgan fingerprint density at radius 3 is 2.20 bits per heavy atom. The Morgan fingerprint density at radius 1 is 1.40 bits per heavy atom. The van der Waals surface area contributed by atoms with Crippen molar-refractivity contribution in [3.8, 4) is 0 Å². The van der Waals surface area contributed by atoms with Gasteiger partial charge in [-0.05, 0) is 19.3 Å². The van der Waals surface area contributed by atoms with Crippen LogP contribution in [0.2, 0.25) is 0 Å². The highest BCUT2D eigenvalue weighted by Crippen LogP contribution is 2.12. The summed E-state index contributed by atoms with van der Waals surface area (Å²) in [6.45, 7) is 9.69. The molecule has 0 aromatic heterocycles. The van der Waals surface area contributed by atoms with Crippen molar-refractivity contribution in [3.05, 3.63) is 12.2 Å². The number of hydrogen-bond donors (Lipinski definition) is 0. The van der Waals surface area contributed by atoms with Gasteiger partial charge in [0.2, 0.25) is 0 Å². The topological polar surface area (TPSA) is 17.1 Å². The van der Waals surface area contributed by atoms with Crippen LogP contribution in [0.3, 0.4) is 0 Å². The molecule has 1 heteroatoms. The van der Waals surface area contributed by atoms with Gasteiger partial charge in [0.1, 0.15) is 5.78 Å². The van der Waals surface area contributed by atoms with Gasteiger partial charge >= 0.3 is 0 Å². The van der Waals surface area contributed by atoms with E-state index < -0.39 is 0 Å². The summed E-state index contributed by atoms with van der Waals surface area (Å²) in [7, 11) is 0. The van der Waals surface area contributed by atoms with Crippen molar-refractivity contribution in [3.63, 3.8) is 0 Å². The van der Waals surface area contributed by atoms with Crippen LogP contribution in [0.4, 0.5) is 0 Å². The molecular weight excluding hydrogens is 124 g/mol. The zero-order valence-corrected chi connectivity index (χ0v) is 7.11. The normalized spacial score (nSPS) is 10.0. The summed E-state index contributed by atoms with van der Waals surface area (Å²) < 4.78 is 0. The quantitative estimate of drug-likeness (QED) is 0.548. The van der Waals surface area contributed by atoms with Crippen molar-refractivity contribution in [1.29, 1.82) is 0 Å².